The van der Waals surface area contributed by atoms with Crippen molar-refractivity contribution >= 4 is 58.0 Å². The summed E-state index contributed by atoms with van der Waals surface area (Å²) in [5.74, 6) is 0. The highest BCUT2D eigenvalue weighted by atomic mass is 35.5. The molecule has 0 radical (unpaired) electrons. The zero-order chi connectivity index (χ0) is 16.6. The van der Waals surface area contributed by atoms with Crippen LogP contribution in [0.1, 0.15) is 0 Å². The van der Waals surface area contributed by atoms with E-state index in [-0.39, 0.29) is 0 Å². The third-order valence-corrected chi connectivity index (χ3v) is 5.23. The molecule has 0 saturated heterocycles. The Labute approximate surface area is 158 Å². The first-order valence-corrected chi connectivity index (χ1v) is 8.40. The van der Waals surface area contributed by atoms with Crippen LogP contribution in [-0.2, 0) is 0 Å². The maximum atomic E-state index is 6.57. The summed E-state index contributed by atoms with van der Waals surface area (Å²) in [4.78, 5) is 4.27. The van der Waals surface area contributed by atoms with Gasteiger partial charge in [-0.1, -0.05) is 70.1 Å². The predicted octanol–water partition coefficient (Wildman–Crippen LogP) is 7.68. The van der Waals surface area contributed by atoms with Gasteiger partial charge in [-0.25, -0.2) is 0 Å². The first kappa shape index (κ1) is 16.9. The van der Waals surface area contributed by atoms with Crippen LogP contribution in [0.4, 0.5) is 0 Å². The van der Waals surface area contributed by atoms with E-state index in [1.165, 1.54) is 0 Å². The molecule has 0 N–H and O–H groups in total. The molecule has 0 bridgehead atoms. The van der Waals surface area contributed by atoms with Crippen molar-refractivity contribution in [2.45, 2.75) is 0 Å². The summed E-state index contributed by atoms with van der Waals surface area (Å²) in [7, 11) is 0. The lowest BCUT2D eigenvalue weighted by molar-refractivity contribution is 1.33. The van der Waals surface area contributed by atoms with Gasteiger partial charge in [-0.3, -0.25) is 4.98 Å². The van der Waals surface area contributed by atoms with Crippen LogP contribution in [0.3, 0.4) is 0 Å². The zero-order valence-corrected chi connectivity index (χ0v) is 15.2. The average molecular weight is 404 g/mol. The molecule has 23 heavy (non-hydrogen) atoms. The third-order valence-electron chi connectivity index (χ3n) is 3.34. The molecule has 1 heterocycles. The number of rotatable bonds is 2. The van der Waals surface area contributed by atoms with Crippen LogP contribution >= 0.6 is 58.0 Å². The van der Waals surface area contributed by atoms with Crippen LogP contribution in [0.5, 0.6) is 0 Å². The minimum Gasteiger partial charge on any atom is -0.263 e. The van der Waals surface area contributed by atoms with E-state index in [4.69, 9.17) is 58.0 Å². The van der Waals surface area contributed by atoms with E-state index in [0.717, 1.165) is 22.3 Å². The maximum Gasteiger partial charge on any atom is 0.0598 e. The number of hydrogen-bond acceptors (Lipinski definition) is 1. The monoisotopic (exact) mass is 401 g/mol. The molecule has 0 aliphatic rings. The van der Waals surface area contributed by atoms with E-state index in [1.54, 1.807) is 36.7 Å². The van der Waals surface area contributed by atoms with Gasteiger partial charge in [0.15, 0.2) is 0 Å². The molecular weight excluding hydrogens is 395 g/mol. The molecule has 0 spiro atoms. The Kier molecular flexibility index (Phi) is 5.05. The predicted molar refractivity (Wildman–Crippen MR) is 100 cm³/mol. The van der Waals surface area contributed by atoms with Crippen molar-refractivity contribution in [3.63, 3.8) is 0 Å². The smallest absolute Gasteiger partial charge is 0.0598 e. The van der Waals surface area contributed by atoms with Gasteiger partial charge in [0.05, 0.1) is 25.1 Å². The van der Waals surface area contributed by atoms with Gasteiger partial charge in [0.25, 0.3) is 0 Å². The van der Waals surface area contributed by atoms with Crippen molar-refractivity contribution in [2.24, 2.45) is 0 Å². The van der Waals surface area contributed by atoms with Crippen LogP contribution in [0.15, 0.2) is 48.8 Å². The van der Waals surface area contributed by atoms with E-state index < -0.39 is 0 Å². The highest BCUT2D eigenvalue weighted by molar-refractivity contribution is 6.43. The van der Waals surface area contributed by atoms with Gasteiger partial charge in [0.1, 0.15) is 0 Å². The summed E-state index contributed by atoms with van der Waals surface area (Å²) in [6.45, 7) is 0. The van der Waals surface area contributed by atoms with Crippen molar-refractivity contribution in [3.05, 3.63) is 73.9 Å². The fraction of sp³-hybridized carbons (Fsp3) is 0. The molecule has 0 aliphatic heterocycles. The molecule has 3 rings (SSSR count). The van der Waals surface area contributed by atoms with Gasteiger partial charge in [-0.2, -0.15) is 0 Å². The number of pyridine rings is 1. The fourth-order valence-corrected chi connectivity index (χ4v) is 3.09. The lowest BCUT2D eigenvalue weighted by Crippen LogP contribution is -1.88. The molecule has 2 aromatic carbocycles. The fourth-order valence-electron chi connectivity index (χ4n) is 2.17. The summed E-state index contributed by atoms with van der Waals surface area (Å²) in [6, 6.07) is 10.6. The van der Waals surface area contributed by atoms with Crippen molar-refractivity contribution < 1.29 is 0 Å². The molecule has 6 heteroatoms. The van der Waals surface area contributed by atoms with Crippen LogP contribution in [0, 0.1) is 0 Å². The van der Waals surface area contributed by atoms with Crippen LogP contribution in [0.2, 0.25) is 25.1 Å². The molecule has 0 atom stereocenters. The normalized spacial score (nSPS) is 10.8. The first-order chi connectivity index (χ1) is 11.0. The Morgan fingerprint density at radius 1 is 0.565 bits per heavy atom. The SMILES string of the molecule is Clc1ccc(-c2cncc(-c3ccc(Cl)c(Cl)c3)c2Cl)cc1Cl. The van der Waals surface area contributed by atoms with Gasteiger partial charge in [0, 0.05) is 23.5 Å². The molecule has 0 fully saturated rings. The topological polar surface area (TPSA) is 12.9 Å². The zero-order valence-electron chi connectivity index (χ0n) is 11.5. The summed E-state index contributed by atoms with van der Waals surface area (Å²) >= 11 is 30.7. The highest BCUT2D eigenvalue weighted by Gasteiger charge is 2.13. The van der Waals surface area contributed by atoms with Crippen molar-refractivity contribution in [1.82, 2.24) is 4.98 Å². The largest absolute Gasteiger partial charge is 0.263 e. The minimum absolute atomic E-state index is 0.458. The Bertz CT molecular complexity index is 822. The second kappa shape index (κ2) is 6.88. The van der Waals surface area contributed by atoms with E-state index in [1.807, 2.05) is 12.1 Å². The Hall–Kier alpha value is -0.960. The summed E-state index contributed by atoms with van der Waals surface area (Å²) in [5, 5.41) is 2.44. The Morgan fingerprint density at radius 3 is 1.39 bits per heavy atom. The number of aromatic nitrogens is 1. The molecule has 1 aromatic heterocycles. The van der Waals surface area contributed by atoms with E-state index in [2.05, 4.69) is 4.98 Å². The first-order valence-electron chi connectivity index (χ1n) is 6.51. The summed E-state index contributed by atoms with van der Waals surface area (Å²) in [5.41, 5.74) is 3.18. The standard InChI is InChI=1S/C17H8Cl5N/c18-13-3-1-9(5-15(13)20)11-7-23-8-12(17(11)22)10-2-4-14(19)16(21)6-10/h1-8H. The second-order valence-electron chi connectivity index (χ2n) is 4.81. The van der Waals surface area contributed by atoms with Gasteiger partial charge >= 0.3 is 0 Å². The lowest BCUT2D eigenvalue weighted by atomic mass is 10.0. The van der Waals surface area contributed by atoms with Crippen LogP contribution < -0.4 is 0 Å². The third kappa shape index (κ3) is 3.45. The number of halogens is 5. The number of hydrogen-bond donors (Lipinski definition) is 0. The van der Waals surface area contributed by atoms with Gasteiger partial charge in [0.2, 0.25) is 0 Å². The minimum atomic E-state index is 0.458. The molecule has 0 aliphatic carbocycles. The summed E-state index contributed by atoms with van der Waals surface area (Å²) in [6.07, 6.45) is 3.37. The van der Waals surface area contributed by atoms with E-state index >= 15 is 0 Å². The maximum absolute atomic E-state index is 6.57. The molecule has 116 valence electrons. The lowest BCUT2D eigenvalue weighted by Gasteiger charge is -2.11. The van der Waals surface area contributed by atoms with Crippen LogP contribution in [-0.4, -0.2) is 4.98 Å². The van der Waals surface area contributed by atoms with Gasteiger partial charge < -0.3 is 0 Å². The van der Waals surface area contributed by atoms with Crippen molar-refractivity contribution in [2.75, 3.05) is 0 Å². The number of nitrogens with zero attached hydrogens (tertiary/aromatic N) is 1. The molecule has 0 amide bonds. The van der Waals surface area contributed by atoms with Crippen LogP contribution in [0.25, 0.3) is 22.3 Å². The number of benzene rings is 2. The molecule has 3 aromatic rings. The van der Waals surface area contributed by atoms with Gasteiger partial charge in [-0.15, -0.1) is 0 Å². The molecular formula is C17H8Cl5N. The highest BCUT2D eigenvalue weighted by Crippen LogP contribution is 2.38. The summed E-state index contributed by atoms with van der Waals surface area (Å²) < 4.78 is 0. The molecule has 1 nitrogen and oxygen atoms in total. The quantitative estimate of drug-likeness (QED) is 0.427. The van der Waals surface area contributed by atoms with E-state index in [9.17, 15) is 0 Å². The second-order valence-corrected chi connectivity index (χ2v) is 6.81. The van der Waals surface area contributed by atoms with Crippen molar-refractivity contribution in [1.29, 1.82) is 0 Å². The van der Waals surface area contributed by atoms with Gasteiger partial charge in [-0.05, 0) is 35.4 Å². The Balaban J connectivity index is 2.14. The Morgan fingerprint density at radius 2 is 1.00 bits per heavy atom. The molecule has 0 saturated carbocycles. The van der Waals surface area contributed by atoms with Crippen molar-refractivity contribution in [3.8, 4) is 22.3 Å². The molecule has 0 unspecified atom stereocenters. The van der Waals surface area contributed by atoms with E-state index in [0.29, 0.717) is 25.1 Å². The average Bonchev–Trinajstić information content (AvgIpc) is 2.53.